The first-order chi connectivity index (χ1) is 7.61. The lowest BCUT2D eigenvalue weighted by Gasteiger charge is -2.19. The second kappa shape index (κ2) is 7.08. The van der Waals surface area contributed by atoms with Gasteiger partial charge in [0.05, 0.1) is 0 Å². The maximum absolute atomic E-state index is 3.63. The molecule has 0 heterocycles. The molecule has 0 saturated heterocycles. The van der Waals surface area contributed by atoms with Crippen LogP contribution in [0.15, 0.2) is 28.7 Å². The minimum atomic E-state index is 0.544. The molecule has 1 nitrogen and oxygen atoms in total. The summed E-state index contributed by atoms with van der Waals surface area (Å²) in [5.74, 6) is 0. The van der Waals surface area contributed by atoms with Gasteiger partial charge >= 0.3 is 0 Å². The van der Waals surface area contributed by atoms with Crippen LogP contribution in [-0.2, 0) is 6.42 Å². The van der Waals surface area contributed by atoms with Crippen LogP contribution in [0.25, 0.3) is 0 Å². The normalized spacial score (nSPS) is 14.8. The highest BCUT2D eigenvalue weighted by Gasteiger charge is 2.07. The Morgan fingerprint density at radius 1 is 1.12 bits per heavy atom. The summed E-state index contributed by atoms with van der Waals surface area (Å²) in [7, 11) is 0. The highest BCUT2D eigenvalue weighted by Crippen LogP contribution is 2.12. The summed E-state index contributed by atoms with van der Waals surface area (Å²) < 4.78 is 1.15. The average molecular weight is 284 g/mol. The van der Waals surface area contributed by atoms with E-state index in [1.165, 1.54) is 18.4 Å². The Labute approximate surface area is 108 Å². The van der Waals surface area contributed by atoms with E-state index in [-0.39, 0.29) is 0 Å². The molecule has 0 spiro atoms. The monoisotopic (exact) mass is 283 g/mol. The fourth-order valence-corrected chi connectivity index (χ4v) is 2.30. The summed E-state index contributed by atoms with van der Waals surface area (Å²) in [6, 6.07) is 9.76. The maximum atomic E-state index is 3.63. The SMILES string of the molecule is CCCC(C)NC(C)Cc1ccc(Br)cc1. The molecule has 0 fully saturated rings. The molecule has 90 valence electrons. The van der Waals surface area contributed by atoms with Gasteiger partial charge in [0.1, 0.15) is 0 Å². The van der Waals surface area contributed by atoms with Gasteiger partial charge in [-0.2, -0.15) is 0 Å². The van der Waals surface area contributed by atoms with Crippen LogP contribution in [0.3, 0.4) is 0 Å². The van der Waals surface area contributed by atoms with Crippen molar-refractivity contribution in [3.05, 3.63) is 34.3 Å². The summed E-state index contributed by atoms with van der Waals surface area (Å²) >= 11 is 3.46. The molecule has 0 aromatic heterocycles. The fraction of sp³-hybridized carbons (Fsp3) is 0.571. The van der Waals surface area contributed by atoms with Crippen molar-refractivity contribution >= 4 is 15.9 Å². The summed E-state index contributed by atoms with van der Waals surface area (Å²) in [5, 5.41) is 3.63. The minimum Gasteiger partial charge on any atom is -0.311 e. The van der Waals surface area contributed by atoms with Crippen LogP contribution in [0.1, 0.15) is 39.2 Å². The molecule has 0 bridgehead atoms. The molecule has 2 unspecified atom stereocenters. The predicted octanol–water partition coefficient (Wildman–Crippen LogP) is 4.16. The van der Waals surface area contributed by atoms with Crippen molar-refractivity contribution < 1.29 is 0 Å². The quantitative estimate of drug-likeness (QED) is 0.827. The van der Waals surface area contributed by atoms with Gasteiger partial charge in [0.2, 0.25) is 0 Å². The van der Waals surface area contributed by atoms with Crippen LogP contribution in [0.5, 0.6) is 0 Å². The molecule has 2 heteroatoms. The number of halogens is 1. The molecule has 0 aliphatic carbocycles. The van der Waals surface area contributed by atoms with Crippen LogP contribution in [0.2, 0.25) is 0 Å². The average Bonchev–Trinajstić information content (AvgIpc) is 2.21. The van der Waals surface area contributed by atoms with Gasteiger partial charge in [-0.1, -0.05) is 41.4 Å². The summed E-state index contributed by atoms with van der Waals surface area (Å²) in [5.41, 5.74) is 1.40. The zero-order valence-electron chi connectivity index (χ0n) is 10.5. The summed E-state index contributed by atoms with van der Waals surface area (Å²) in [6.07, 6.45) is 3.60. The lowest BCUT2D eigenvalue weighted by atomic mass is 10.1. The Morgan fingerprint density at radius 3 is 2.31 bits per heavy atom. The van der Waals surface area contributed by atoms with Crippen molar-refractivity contribution in [3.63, 3.8) is 0 Å². The van der Waals surface area contributed by atoms with E-state index in [1.54, 1.807) is 0 Å². The van der Waals surface area contributed by atoms with Gasteiger partial charge in [0.15, 0.2) is 0 Å². The number of benzene rings is 1. The topological polar surface area (TPSA) is 12.0 Å². The smallest absolute Gasteiger partial charge is 0.0175 e. The predicted molar refractivity (Wildman–Crippen MR) is 74.8 cm³/mol. The Hall–Kier alpha value is -0.340. The first-order valence-electron chi connectivity index (χ1n) is 6.12. The second-order valence-corrected chi connectivity index (χ2v) is 5.50. The zero-order valence-corrected chi connectivity index (χ0v) is 12.0. The number of hydrogen-bond acceptors (Lipinski definition) is 1. The van der Waals surface area contributed by atoms with Crippen LogP contribution in [0, 0.1) is 0 Å². The Balaban J connectivity index is 2.39. The zero-order chi connectivity index (χ0) is 12.0. The van der Waals surface area contributed by atoms with Crippen LogP contribution >= 0.6 is 15.9 Å². The molecule has 1 aromatic carbocycles. The second-order valence-electron chi connectivity index (χ2n) is 4.59. The fourth-order valence-electron chi connectivity index (χ4n) is 2.04. The first-order valence-corrected chi connectivity index (χ1v) is 6.91. The third kappa shape index (κ3) is 5.13. The van der Waals surface area contributed by atoms with Crippen molar-refractivity contribution in [2.45, 2.75) is 52.1 Å². The molecule has 1 rings (SSSR count). The largest absolute Gasteiger partial charge is 0.311 e. The Morgan fingerprint density at radius 2 is 1.75 bits per heavy atom. The van der Waals surface area contributed by atoms with E-state index in [0.717, 1.165) is 10.9 Å². The van der Waals surface area contributed by atoms with E-state index < -0.39 is 0 Å². The van der Waals surface area contributed by atoms with Gasteiger partial charge < -0.3 is 5.32 Å². The number of hydrogen-bond donors (Lipinski definition) is 1. The van der Waals surface area contributed by atoms with Crippen molar-refractivity contribution in [2.75, 3.05) is 0 Å². The lowest BCUT2D eigenvalue weighted by Crippen LogP contribution is -2.35. The maximum Gasteiger partial charge on any atom is 0.0175 e. The highest BCUT2D eigenvalue weighted by atomic mass is 79.9. The lowest BCUT2D eigenvalue weighted by molar-refractivity contribution is 0.441. The van der Waals surface area contributed by atoms with E-state index in [1.807, 2.05) is 0 Å². The molecule has 1 aromatic rings. The van der Waals surface area contributed by atoms with Gasteiger partial charge in [0.25, 0.3) is 0 Å². The van der Waals surface area contributed by atoms with Gasteiger partial charge in [-0.05, 0) is 44.4 Å². The van der Waals surface area contributed by atoms with Crippen LogP contribution in [0.4, 0.5) is 0 Å². The molecule has 0 radical (unpaired) electrons. The Kier molecular flexibility index (Phi) is 6.07. The van der Waals surface area contributed by atoms with E-state index in [9.17, 15) is 0 Å². The van der Waals surface area contributed by atoms with E-state index in [2.05, 4.69) is 66.3 Å². The van der Waals surface area contributed by atoms with Gasteiger partial charge in [-0.15, -0.1) is 0 Å². The summed E-state index contributed by atoms with van der Waals surface area (Å²) in [4.78, 5) is 0. The van der Waals surface area contributed by atoms with Gasteiger partial charge in [-0.3, -0.25) is 0 Å². The van der Waals surface area contributed by atoms with Crippen molar-refractivity contribution in [1.29, 1.82) is 0 Å². The van der Waals surface area contributed by atoms with Crippen LogP contribution < -0.4 is 5.32 Å². The van der Waals surface area contributed by atoms with E-state index in [4.69, 9.17) is 0 Å². The molecular weight excluding hydrogens is 262 g/mol. The molecule has 2 atom stereocenters. The van der Waals surface area contributed by atoms with Gasteiger partial charge in [0, 0.05) is 16.6 Å². The number of nitrogens with one attached hydrogen (secondary N) is 1. The van der Waals surface area contributed by atoms with E-state index in [0.29, 0.717) is 12.1 Å². The van der Waals surface area contributed by atoms with Crippen molar-refractivity contribution in [2.24, 2.45) is 0 Å². The molecule has 0 amide bonds. The molecule has 16 heavy (non-hydrogen) atoms. The molecule has 0 aliphatic heterocycles. The van der Waals surface area contributed by atoms with Gasteiger partial charge in [-0.25, -0.2) is 0 Å². The highest BCUT2D eigenvalue weighted by molar-refractivity contribution is 9.10. The molecular formula is C14H22BrN. The Bertz CT molecular complexity index is 294. The first kappa shape index (κ1) is 13.7. The van der Waals surface area contributed by atoms with Crippen molar-refractivity contribution in [1.82, 2.24) is 5.32 Å². The molecule has 1 N–H and O–H groups in total. The number of rotatable bonds is 6. The molecule has 0 aliphatic rings. The third-order valence-electron chi connectivity index (χ3n) is 2.75. The van der Waals surface area contributed by atoms with E-state index >= 15 is 0 Å². The third-order valence-corrected chi connectivity index (χ3v) is 3.27. The molecule has 0 saturated carbocycles. The standard InChI is InChI=1S/C14H22BrN/c1-4-5-11(2)16-12(3)10-13-6-8-14(15)9-7-13/h6-9,11-12,16H,4-5,10H2,1-3H3. The van der Waals surface area contributed by atoms with Crippen molar-refractivity contribution in [3.8, 4) is 0 Å². The minimum absolute atomic E-state index is 0.544. The van der Waals surface area contributed by atoms with Crippen LogP contribution in [-0.4, -0.2) is 12.1 Å². The summed E-state index contributed by atoms with van der Waals surface area (Å²) in [6.45, 7) is 6.76.